The third-order valence-electron chi connectivity index (χ3n) is 8.82. The average molecular weight is 639 g/mol. The zero-order chi connectivity index (χ0) is 33.7. The Kier molecular flexibility index (Phi) is 8.29. The van der Waals surface area contributed by atoms with E-state index in [0.717, 1.165) is 61.2 Å². The van der Waals surface area contributed by atoms with E-state index in [2.05, 4.69) is 103 Å². The number of benzene rings is 7. The summed E-state index contributed by atoms with van der Waals surface area (Å²) < 4.78 is 0. The number of nitriles is 1. The van der Waals surface area contributed by atoms with Crippen LogP contribution in [0.25, 0.3) is 78.7 Å². The van der Waals surface area contributed by atoms with Crippen LogP contribution in [0.15, 0.2) is 182 Å². The van der Waals surface area contributed by atoms with Crippen molar-refractivity contribution in [2.24, 2.45) is 0 Å². The van der Waals surface area contributed by atoms with E-state index >= 15 is 0 Å². The van der Waals surface area contributed by atoms with E-state index in [1.165, 1.54) is 0 Å². The van der Waals surface area contributed by atoms with Crippen molar-refractivity contribution in [2.75, 3.05) is 0 Å². The lowest BCUT2D eigenvalue weighted by Gasteiger charge is -2.14. The number of hydrogen-bond acceptors (Lipinski definition) is 4. The van der Waals surface area contributed by atoms with Gasteiger partial charge in [0, 0.05) is 16.7 Å². The largest absolute Gasteiger partial charge is 0.208 e. The number of nitrogens with zero attached hydrogens (tertiary/aromatic N) is 4. The second kappa shape index (κ2) is 13.6. The summed E-state index contributed by atoms with van der Waals surface area (Å²) in [4.78, 5) is 15.4. The molecule has 8 rings (SSSR count). The first kappa shape index (κ1) is 30.4. The first-order valence-corrected chi connectivity index (χ1v) is 16.5. The average Bonchev–Trinajstić information content (AvgIpc) is 3.21. The second-order valence-corrected chi connectivity index (χ2v) is 12.0. The van der Waals surface area contributed by atoms with Crippen LogP contribution in [0.4, 0.5) is 0 Å². The fourth-order valence-electron chi connectivity index (χ4n) is 6.26. The highest BCUT2D eigenvalue weighted by molar-refractivity contribution is 5.86. The predicted molar refractivity (Wildman–Crippen MR) is 203 cm³/mol. The first-order valence-electron chi connectivity index (χ1n) is 16.5. The Bertz CT molecular complexity index is 2470. The van der Waals surface area contributed by atoms with Gasteiger partial charge in [-0.3, -0.25) is 0 Å². The zero-order valence-corrected chi connectivity index (χ0v) is 27.1. The molecule has 0 radical (unpaired) electrons. The Morgan fingerprint density at radius 2 is 0.780 bits per heavy atom. The van der Waals surface area contributed by atoms with Gasteiger partial charge < -0.3 is 0 Å². The number of rotatable bonds is 7. The van der Waals surface area contributed by atoms with Gasteiger partial charge in [0.15, 0.2) is 17.5 Å². The molecule has 0 saturated heterocycles. The summed E-state index contributed by atoms with van der Waals surface area (Å²) in [5.74, 6) is 1.71. The molecular weight excluding hydrogens is 609 g/mol. The topological polar surface area (TPSA) is 62.5 Å². The minimum Gasteiger partial charge on any atom is -0.208 e. The van der Waals surface area contributed by atoms with E-state index in [9.17, 15) is 5.26 Å². The van der Waals surface area contributed by atoms with Crippen molar-refractivity contribution in [1.82, 2.24) is 15.0 Å². The maximum absolute atomic E-state index is 9.82. The smallest absolute Gasteiger partial charge is 0.164 e. The van der Waals surface area contributed by atoms with Gasteiger partial charge in [-0.25, -0.2) is 15.0 Å². The van der Waals surface area contributed by atoms with Crippen molar-refractivity contribution in [3.05, 3.63) is 188 Å². The van der Waals surface area contributed by atoms with Crippen molar-refractivity contribution in [2.45, 2.75) is 0 Å². The summed E-state index contributed by atoms with van der Waals surface area (Å²) in [6.45, 7) is 0. The van der Waals surface area contributed by atoms with Crippen LogP contribution in [0, 0.1) is 11.3 Å². The Labute approximate surface area is 291 Å². The molecule has 0 aliphatic carbocycles. The summed E-state index contributed by atoms with van der Waals surface area (Å²) in [6, 6.07) is 63.9. The van der Waals surface area contributed by atoms with Gasteiger partial charge in [-0.1, -0.05) is 164 Å². The fraction of sp³-hybridized carbons (Fsp3) is 0. The lowest BCUT2D eigenvalue weighted by Crippen LogP contribution is -2.01. The van der Waals surface area contributed by atoms with Crippen LogP contribution < -0.4 is 0 Å². The van der Waals surface area contributed by atoms with E-state index in [4.69, 9.17) is 15.0 Å². The molecule has 4 nitrogen and oxygen atoms in total. The van der Waals surface area contributed by atoms with Crippen LogP contribution in [0.5, 0.6) is 0 Å². The van der Waals surface area contributed by atoms with Crippen LogP contribution in [-0.4, -0.2) is 15.0 Å². The van der Waals surface area contributed by atoms with Crippen molar-refractivity contribution in [1.29, 1.82) is 5.26 Å². The quantitative estimate of drug-likeness (QED) is 0.174. The second-order valence-electron chi connectivity index (χ2n) is 12.0. The summed E-state index contributed by atoms with van der Waals surface area (Å²) in [5.41, 5.74) is 11.6. The molecule has 7 aromatic carbocycles. The van der Waals surface area contributed by atoms with Gasteiger partial charge in [0.25, 0.3) is 0 Å². The SMILES string of the molecule is N#Cc1ccccc1-c1cccc(-c2nc(-c3ccc(-c4ccccc4)cc3)nc(-c3cc(-c4ccccc4)ccc3-c3ccccc3)n2)c1. The normalized spacial score (nSPS) is 10.8. The Balaban J connectivity index is 1.33. The van der Waals surface area contributed by atoms with E-state index in [1.807, 2.05) is 84.9 Å². The minimum atomic E-state index is 0.553. The van der Waals surface area contributed by atoms with Crippen LogP contribution in [0.3, 0.4) is 0 Å². The van der Waals surface area contributed by atoms with Gasteiger partial charge >= 0.3 is 0 Å². The molecule has 0 amide bonds. The molecule has 0 N–H and O–H groups in total. The van der Waals surface area contributed by atoms with Gasteiger partial charge in [0.1, 0.15) is 0 Å². The highest BCUT2D eigenvalue weighted by atomic mass is 15.0. The molecule has 0 aliphatic heterocycles. The van der Waals surface area contributed by atoms with Crippen molar-refractivity contribution in [3.8, 4) is 84.7 Å². The summed E-state index contributed by atoms with van der Waals surface area (Å²) in [7, 11) is 0. The van der Waals surface area contributed by atoms with Crippen LogP contribution in [0.1, 0.15) is 5.56 Å². The zero-order valence-electron chi connectivity index (χ0n) is 27.1. The van der Waals surface area contributed by atoms with Crippen LogP contribution >= 0.6 is 0 Å². The minimum absolute atomic E-state index is 0.553. The Morgan fingerprint density at radius 1 is 0.300 bits per heavy atom. The van der Waals surface area contributed by atoms with Crippen LogP contribution in [-0.2, 0) is 0 Å². The van der Waals surface area contributed by atoms with Gasteiger partial charge in [-0.2, -0.15) is 5.26 Å². The molecule has 4 heteroatoms. The molecule has 0 atom stereocenters. The third kappa shape index (κ3) is 6.20. The highest BCUT2D eigenvalue weighted by Gasteiger charge is 2.18. The standard InChI is InChI=1S/C46H30N4/c47-31-40-19-10-11-22-41(40)38-20-12-21-39(29-38)45-48-44(36-25-23-34(24-26-36)32-13-4-1-5-14-32)49-46(50-45)43-30-37(33-15-6-2-7-16-33)27-28-42(43)35-17-8-3-9-18-35/h1-30H. The third-order valence-corrected chi connectivity index (χ3v) is 8.82. The van der Waals surface area contributed by atoms with Crippen molar-refractivity contribution < 1.29 is 0 Å². The molecule has 0 unspecified atom stereocenters. The molecule has 50 heavy (non-hydrogen) atoms. The van der Waals surface area contributed by atoms with E-state index < -0.39 is 0 Å². The number of hydrogen-bond donors (Lipinski definition) is 0. The molecule has 0 saturated carbocycles. The molecular formula is C46H30N4. The first-order chi connectivity index (χ1) is 24.7. The van der Waals surface area contributed by atoms with E-state index in [-0.39, 0.29) is 0 Å². The molecule has 1 heterocycles. The summed E-state index contributed by atoms with van der Waals surface area (Å²) >= 11 is 0. The van der Waals surface area contributed by atoms with Crippen molar-refractivity contribution in [3.63, 3.8) is 0 Å². The van der Waals surface area contributed by atoms with E-state index in [0.29, 0.717) is 23.0 Å². The monoisotopic (exact) mass is 638 g/mol. The highest BCUT2D eigenvalue weighted by Crippen LogP contribution is 2.36. The van der Waals surface area contributed by atoms with Gasteiger partial charge in [-0.05, 0) is 62.7 Å². The predicted octanol–water partition coefficient (Wildman–Crippen LogP) is 11.4. The molecule has 0 aliphatic rings. The summed E-state index contributed by atoms with van der Waals surface area (Å²) in [5, 5.41) is 9.82. The summed E-state index contributed by atoms with van der Waals surface area (Å²) in [6.07, 6.45) is 0. The molecule has 1 aromatic heterocycles. The maximum atomic E-state index is 9.82. The molecule has 0 bridgehead atoms. The maximum Gasteiger partial charge on any atom is 0.164 e. The Hall–Kier alpha value is -6.96. The Morgan fingerprint density at radius 3 is 1.46 bits per heavy atom. The van der Waals surface area contributed by atoms with Crippen molar-refractivity contribution >= 4 is 0 Å². The number of aromatic nitrogens is 3. The van der Waals surface area contributed by atoms with Gasteiger partial charge in [0.05, 0.1) is 11.6 Å². The lowest BCUT2D eigenvalue weighted by molar-refractivity contribution is 1.07. The fourth-order valence-corrected chi connectivity index (χ4v) is 6.26. The van der Waals surface area contributed by atoms with Crippen LogP contribution in [0.2, 0.25) is 0 Å². The molecule has 0 spiro atoms. The van der Waals surface area contributed by atoms with Gasteiger partial charge in [0.2, 0.25) is 0 Å². The molecule has 234 valence electrons. The van der Waals surface area contributed by atoms with Gasteiger partial charge in [-0.15, -0.1) is 0 Å². The lowest BCUT2D eigenvalue weighted by atomic mass is 9.94. The van der Waals surface area contributed by atoms with E-state index in [1.54, 1.807) is 0 Å². The molecule has 0 fully saturated rings. The molecule has 8 aromatic rings.